The van der Waals surface area contributed by atoms with E-state index in [9.17, 15) is 9.59 Å². The van der Waals surface area contributed by atoms with Crippen molar-refractivity contribution >= 4 is 22.6 Å². The second kappa shape index (κ2) is 8.52. The number of amides is 1. The van der Waals surface area contributed by atoms with Crippen molar-refractivity contribution in [3.63, 3.8) is 0 Å². The molecule has 1 aromatic heterocycles. The molecule has 1 N–H and O–H groups in total. The highest BCUT2D eigenvalue weighted by Crippen LogP contribution is 2.28. The van der Waals surface area contributed by atoms with E-state index in [1.807, 2.05) is 31.2 Å². The van der Waals surface area contributed by atoms with E-state index in [-0.39, 0.29) is 17.3 Å². The predicted octanol–water partition coefficient (Wildman–Crippen LogP) is 5.38. The molecule has 5 heteroatoms. The molecule has 2 aromatic carbocycles. The molecule has 1 aliphatic rings. The van der Waals surface area contributed by atoms with Crippen LogP contribution in [0.1, 0.15) is 39.0 Å². The second-order valence-corrected chi connectivity index (χ2v) is 7.47. The van der Waals surface area contributed by atoms with Crippen LogP contribution in [0, 0.1) is 5.92 Å². The van der Waals surface area contributed by atoms with Crippen LogP contribution in [-0.4, -0.2) is 12.5 Å². The van der Waals surface area contributed by atoms with Crippen molar-refractivity contribution in [1.29, 1.82) is 0 Å². The van der Waals surface area contributed by atoms with Crippen molar-refractivity contribution < 1.29 is 13.9 Å². The summed E-state index contributed by atoms with van der Waals surface area (Å²) in [6.45, 7) is 2.53. The molecule has 1 amide bonds. The summed E-state index contributed by atoms with van der Waals surface area (Å²) in [6, 6.07) is 14.1. The molecule has 1 aliphatic carbocycles. The minimum Gasteiger partial charge on any atom is -0.494 e. The number of rotatable bonds is 5. The Kier molecular flexibility index (Phi) is 5.65. The molecule has 0 aliphatic heterocycles. The highest BCUT2D eigenvalue weighted by atomic mass is 16.5. The fourth-order valence-electron chi connectivity index (χ4n) is 3.87. The van der Waals surface area contributed by atoms with Crippen LogP contribution >= 0.6 is 0 Å². The first-order chi connectivity index (χ1) is 14.1. The number of fused-ring (bicyclic) bond motifs is 1. The zero-order valence-electron chi connectivity index (χ0n) is 16.6. The zero-order valence-corrected chi connectivity index (χ0v) is 16.6. The maximum atomic E-state index is 12.6. The highest BCUT2D eigenvalue weighted by molar-refractivity contribution is 5.94. The molecule has 0 unspecified atom stereocenters. The van der Waals surface area contributed by atoms with Crippen LogP contribution < -0.4 is 15.5 Å². The molecule has 0 saturated heterocycles. The quantitative estimate of drug-likeness (QED) is 0.634. The third kappa shape index (κ3) is 4.34. The summed E-state index contributed by atoms with van der Waals surface area (Å²) < 4.78 is 11.5. The number of nitrogens with one attached hydrogen (secondary N) is 1. The Bertz CT molecular complexity index is 1060. The molecular weight excluding hydrogens is 366 g/mol. The van der Waals surface area contributed by atoms with Crippen molar-refractivity contribution in [2.75, 3.05) is 11.9 Å². The summed E-state index contributed by atoms with van der Waals surface area (Å²) in [5, 5.41) is 3.48. The van der Waals surface area contributed by atoms with Gasteiger partial charge in [0.05, 0.1) is 12.0 Å². The minimum atomic E-state index is -0.111. The van der Waals surface area contributed by atoms with Gasteiger partial charge in [-0.1, -0.05) is 19.3 Å². The Morgan fingerprint density at radius 2 is 1.83 bits per heavy atom. The number of hydrogen-bond donors (Lipinski definition) is 1. The van der Waals surface area contributed by atoms with Crippen LogP contribution in [0.3, 0.4) is 0 Å². The Morgan fingerprint density at radius 3 is 2.55 bits per heavy atom. The lowest BCUT2D eigenvalue weighted by Crippen LogP contribution is -2.24. The molecular formula is C24H25NO4. The van der Waals surface area contributed by atoms with E-state index in [2.05, 4.69) is 5.32 Å². The maximum Gasteiger partial charge on any atom is 0.227 e. The van der Waals surface area contributed by atoms with Crippen molar-refractivity contribution in [1.82, 2.24) is 0 Å². The molecule has 0 bridgehead atoms. The Morgan fingerprint density at radius 1 is 1.07 bits per heavy atom. The van der Waals surface area contributed by atoms with Crippen LogP contribution in [-0.2, 0) is 4.79 Å². The molecule has 0 atom stereocenters. The average Bonchev–Trinajstić information content (AvgIpc) is 2.75. The molecule has 1 fully saturated rings. The van der Waals surface area contributed by atoms with Gasteiger partial charge in [-0.15, -0.1) is 0 Å². The summed E-state index contributed by atoms with van der Waals surface area (Å²) >= 11 is 0. The fourth-order valence-corrected chi connectivity index (χ4v) is 3.87. The van der Waals surface area contributed by atoms with Gasteiger partial charge in [0, 0.05) is 29.3 Å². The number of carbonyl (C=O) groups excluding carboxylic acids is 1. The first kappa shape index (κ1) is 19.2. The molecule has 1 heterocycles. The van der Waals surface area contributed by atoms with E-state index in [4.69, 9.17) is 9.15 Å². The van der Waals surface area contributed by atoms with Gasteiger partial charge in [-0.2, -0.15) is 0 Å². The van der Waals surface area contributed by atoms with Crippen LogP contribution in [0.15, 0.2) is 57.7 Å². The van der Waals surface area contributed by atoms with Crippen LogP contribution in [0.2, 0.25) is 0 Å². The third-order valence-corrected chi connectivity index (χ3v) is 5.42. The molecule has 5 nitrogen and oxygen atoms in total. The molecule has 0 radical (unpaired) electrons. The lowest BCUT2D eigenvalue weighted by molar-refractivity contribution is -0.120. The van der Waals surface area contributed by atoms with Gasteiger partial charge in [-0.05, 0) is 56.2 Å². The summed E-state index contributed by atoms with van der Waals surface area (Å²) in [4.78, 5) is 25.1. The summed E-state index contributed by atoms with van der Waals surface area (Å²) in [7, 11) is 0. The number of ether oxygens (including phenoxy) is 1. The predicted molar refractivity (Wildman–Crippen MR) is 114 cm³/mol. The monoisotopic (exact) mass is 391 g/mol. The van der Waals surface area contributed by atoms with Crippen LogP contribution in [0.25, 0.3) is 22.3 Å². The first-order valence-electron chi connectivity index (χ1n) is 10.3. The lowest BCUT2D eigenvalue weighted by atomic mass is 9.88. The standard InChI is InChI=1S/C24H25NO4/c1-2-28-19-11-8-16(9-12-19)22-15-21(26)20-13-10-18(14-23(20)29-22)25-24(27)17-6-4-3-5-7-17/h8-15,17H,2-7H2,1H3,(H,25,27). The first-order valence-corrected chi connectivity index (χ1v) is 10.3. The van der Waals surface area contributed by atoms with Gasteiger partial charge in [0.2, 0.25) is 5.91 Å². The van der Waals surface area contributed by atoms with E-state index in [0.717, 1.165) is 37.0 Å². The van der Waals surface area contributed by atoms with Crippen molar-refractivity contribution in [2.24, 2.45) is 5.92 Å². The van der Waals surface area contributed by atoms with E-state index in [0.29, 0.717) is 29.0 Å². The zero-order chi connectivity index (χ0) is 20.2. The number of anilines is 1. The number of benzene rings is 2. The van der Waals surface area contributed by atoms with Gasteiger partial charge in [0.1, 0.15) is 17.1 Å². The molecule has 29 heavy (non-hydrogen) atoms. The highest BCUT2D eigenvalue weighted by Gasteiger charge is 2.21. The lowest BCUT2D eigenvalue weighted by Gasteiger charge is -2.20. The summed E-state index contributed by atoms with van der Waals surface area (Å²) in [5.41, 5.74) is 1.80. The smallest absolute Gasteiger partial charge is 0.227 e. The fraction of sp³-hybridized carbons (Fsp3) is 0.333. The molecule has 4 rings (SSSR count). The maximum absolute atomic E-state index is 12.6. The van der Waals surface area contributed by atoms with Gasteiger partial charge in [-0.3, -0.25) is 9.59 Å². The second-order valence-electron chi connectivity index (χ2n) is 7.47. The average molecular weight is 391 g/mol. The molecule has 1 saturated carbocycles. The topological polar surface area (TPSA) is 68.5 Å². The number of carbonyl (C=O) groups is 1. The van der Waals surface area contributed by atoms with Crippen molar-refractivity contribution in [2.45, 2.75) is 39.0 Å². The van der Waals surface area contributed by atoms with E-state index in [1.54, 1.807) is 18.2 Å². The normalized spacial score (nSPS) is 14.7. The SMILES string of the molecule is CCOc1ccc(-c2cc(=O)c3ccc(NC(=O)C4CCCCC4)cc3o2)cc1. The Balaban J connectivity index is 1.61. The molecule has 150 valence electrons. The summed E-state index contributed by atoms with van der Waals surface area (Å²) in [5.74, 6) is 1.38. The minimum absolute atomic E-state index is 0.0501. The van der Waals surface area contributed by atoms with Gasteiger partial charge in [0.25, 0.3) is 0 Å². The van der Waals surface area contributed by atoms with Gasteiger partial charge in [-0.25, -0.2) is 0 Å². The van der Waals surface area contributed by atoms with Gasteiger partial charge in [0.15, 0.2) is 5.43 Å². The van der Waals surface area contributed by atoms with E-state index in [1.165, 1.54) is 12.5 Å². The Hall–Kier alpha value is -3.08. The Labute approximate surface area is 169 Å². The van der Waals surface area contributed by atoms with Gasteiger partial charge >= 0.3 is 0 Å². The molecule has 3 aromatic rings. The summed E-state index contributed by atoms with van der Waals surface area (Å²) in [6.07, 6.45) is 5.30. The number of hydrogen-bond acceptors (Lipinski definition) is 4. The van der Waals surface area contributed by atoms with Crippen LogP contribution in [0.4, 0.5) is 5.69 Å². The van der Waals surface area contributed by atoms with E-state index < -0.39 is 0 Å². The van der Waals surface area contributed by atoms with Crippen molar-refractivity contribution in [3.05, 3.63) is 58.8 Å². The van der Waals surface area contributed by atoms with Crippen molar-refractivity contribution in [3.8, 4) is 17.1 Å². The van der Waals surface area contributed by atoms with Gasteiger partial charge < -0.3 is 14.5 Å². The third-order valence-electron chi connectivity index (χ3n) is 5.42. The van der Waals surface area contributed by atoms with E-state index >= 15 is 0 Å². The van der Waals surface area contributed by atoms with Crippen LogP contribution in [0.5, 0.6) is 5.75 Å². The molecule has 0 spiro atoms. The largest absolute Gasteiger partial charge is 0.494 e.